The molecule has 1 aliphatic heterocycles. The van der Waals surface area contributed by atoms with Gasteiger partial charge in [0.2, 0.25) is 0 Å². The summed E-state index contributed by atoms with van der Waals surface area (Å²) in [5.41, 5.74) is 0.257. The molecule has 0 spiro atoms. The maximum atomic E-state index is 12.7. The number of alkyl halides is 3. The van der Waals surface area contributed by atoms with Gasteiger partial charge < -0.3 is 4.90 Å². The molecule has 0 fully saturated rings. The molecule has 0 atom stereocenters. The fourth-order valence-electron chi connectivity index (χ4n) is 2.34. The second kappa shape index (κ2) is 6.06. The van der Waals surface area contributed by atoms with E-state index >= 15 is 0 Å². The second-order valence-corrected chi connectivity index (χ2v) is 6.01. The summed E-state index contributed by atoms with van der Waals surface area (Å²) >= 11 is 11.9. The second-order valence-electron chi connectivity index (χ2n) is 5.20. The Labute approximate surface area is 140 Å². The lowest BCUT2D eigenvalue weighted by molar-refractivity contribution is -0.137. The third-order valence-corrected chi connectivity index (χ3v) is 4.21. The van der Waals surface area contributed by atoms with Crippen LogP contribution in [0.15, 0.2) is 41.4 Å². The first-order valence-corrected chi connectivity index (χ1v) is 7.50. The molecule has 0 bridgehead atoms. The first kappa shape index (κ1) is 16.1. The SMILES string of the molecule is FC(F)(F)c1ccc2c(c1)=NCN(Cc1ccc(Cl)c(Cl)c1)C=2. The zero-order chi connectivity index (χ0) is 16.6. The van der Waals surface area contributed by atoms with Crippen molar-refractivity contribution in [3.63, 3.8) is 0 Å². The van der Waals surface area contributed by atoms with E-state index in [1.54, 1.807) is 18.3 Å². The van der Waals surface area contributed by atoms with E-state index in [0.717, 1.165) is 17.7 Å². The van der Waals surface area contributed by atoms with Gasteiger partial charge in [-0.2, -0.15) is 13.2 Å². The average molecular weight is 359 g/mol. The molecule has 0 radical (unpaired) electrons. The van der Waals surface area contributed by atoms with E-state index in [9.17, 15) is 13.2 Å². The van der Waals surface area contributed by atoms with Crippen LogP contribution in [0.1, 0.15) is 11.1 Å². The summed E-state index contributed by atoms with van der Waals surface area (Å²) < 4.78 is 38.1. The van der Waals surface area contributed by atoms with Gasteiger partial charge in [-0.25, -0.2) is 0 Å². The molecule has 3 rings (SSSR count). The lowest BCUT2D eigenvalue weighted by Gasteiger charge is -2.21. The molecule has 1 aliphatic rings. The lowest BCUT2D eigenvalue weighted by atomic mass is 10.1. The Morgan fingerprint density at radius 1 is 1.04 bits per heavy atom. The fourth-order valence-corrected chi connectivity index (χ4v) is 2.66. The normalized spacial score (nSPS) is 14.0. The summed E-state index contributed by atoms with van der Waals surface area (Å²) in [6, 6.07) is 8.90. The van der Waals surface area contributed by atoms with Gasteiger partial charge in [0.05, 0.1) is 21.0 Å². The Balaban J connectivity index is 1.86. The highest BCUT2D eigenvalue weighted by molar-refractivity contribution is 6.42. The molecular weight excluding hydrogens is 348 g/mol. The first-order chi connectivity index (χ1) is 10.8. The van der Waals surface area contributed by atoms with Gasteiger partial charge in [-0.1, -0.05) is 35.3 Å². The summed E-state index contributed by atoms with van der Waals surface area (Å²) in [4.78, 5) is 6.12. The van der Waals surface area contributed by atoms with Crippen molar-refractivity contribution in [2.45, 2.75) is 12.7 Å². The van der Waals surface area contributed by atoms with Crippen LogP contribution in [-0.4, -0.2) is 11.6 Å². The van der Waals surface area contributed by atoms with Crippen molar-refractivity contribution in [2.24, 2.45) is 4.99 Å². The van der Waals surface area contributed by atoms with E-state index in [1.807, 2.05) is 11.0 Å². The molecule has 0 unspecified atom stereocenters. The number of benzene rings is 2. The summed E-state index contributed by atoms with van der Waals surface area (Å²) in [5, 5.41) is 1.95. The number of halogens is 5. The molecule has 23 heavy (non-hydrogen) atoms. The van der Waals surface area contributed by atoms with Crippen LogP contribution in [0.25, 0.3) is 6.20 Å². The fraction of sp³-hybridized carbons (Fsp3) is 0.188. The minimum Gasteiger partial charge on any atom is -0.353 e. The highest BCUT2D eigenvalue weighted by Crippen LogP contribution is 2.27. The monoisotopic (exact) mass is 358 g/mol. The Morgan fingerprint density at radius 2 is 1.83 bits per heavy atom. The molecule has 0 saturated heterocycles. The molecule has 1 heterocycles. The zero-order valence-electron chi connectivity index (χ0n) is 11.7. The van der Waals surface area contributed by atoms with Crippen molar-refractivity contribution in [1.29, 1.82) is 0 Å². The van der Waals surface area contributed by atoms with Gasteiger partial charge in [0.25, 0.3) is 0 Å². The molecular formula is C16H11Cl2F3N2. The van der Waals surface area contributed by atoms with Gasteiger partial charge in [0.15, 0.2) is 0 Å². The average Bonchev–Trinajstić information content (AvgIpc) is 2.49. The number of hydrogen-bond acceptors (Lipinski definition) is 2. The topological polar surface area (TPSA) is 15.6 Å². The number of fused-ring (bicyclic) bond motifs is 1. The van der Waals surface area contributed by atoms with Gasteiger partial charge in [-0.15, -0.1) is 0 Å². The van der Waals surface area contributed by atoms with Crippen LogP contribution in [0.5, 0.6) is 0 Å². The number of hydrogen-bond donors (Lipinski definition) is 0. The van der Waals surface area contributed by atoms with Crippen molar-refractivity contribution in [2.75, 3.05) is 6.67 Å². The molecule has 0 saturated carbocycles. The summed E-state index contributed by atoms with van der Waals surface area (Å²) in [6.45, 7) is 0.829. The van der Waals surface area contributed by atoms with Crippen LogP contribution in [-0.2, 0) is 12.7 Å². The molecule has 120 valence electrons. The van der Waals surface area contributed by atoms with Gasteiger partial charge in [0, 0.05) is 18.0 Å². The lowest BCUT2D eigenvalue weighted by Crippen LogP contribution is -2.36. The summed E-state index contributed by atoms with van der Waals surface area (Å²) in [5.74, 6) is 0. The van der Waals surface area contributed by atoms with E-state index in [2.05, 4.69) is 4.99 Å². The Morgan fingerprint density at radius 3 is 2.52 bits per heavy atom. The van der Waals surface area contributed by atoms with Crippen LogP contribution >= 0.6 is 23.2 Å². The van der Waals surface area contributed by atoms with Crippen molar-refractivity contribution in [3.05, 3.63) is 68.1 Å². The summed E-state index contributed by atoms with van der Waals surface area (Å²) in [7, 11) is 0. The van der Waals surface area contributed by atoms with E-state index in [1.165, 1.54) is 6.07 Å². The van der Waals surface area contributed by atoms with Crippen LogP contribution in [0.4, 0.5) is 13.2 Å². The predicted molar refractivity (Wildman–Crippen MR) is 83.6 cm³/mol. The Bertz CT molecular complexity index is 863. The van der Waals surface area contributed by atoms with Crippen LogP contribution < -0.4 is 10.6 Å². The highest BCUT2D eigenvalue weighted by atomic mass is 35.5. The van der Waals surface area contributed by atoms with E-state index < -0.39 is 11.7 Å². The molecule has 2 aromatic rings. The van der Waals surface area contributed by atoms with Gasteiger partial charge in [-0.3, -0.25) is 4.99 Å². The minimum atomic E-state index is -4.36. The van der Waals surface area contributed by atoms with Crippen molar-refractivity contribution in [3.8, 4) is 0 Å². The Hall–Kier alpha value is -1.72. The molecule has 2 nitrogen and oxygen atoms in total. The van der Waals surface area contributed by atoms with E-state index in [-0.39, 0.29) is 6.67 Å². The van der Waals surface area contributed by atoms with E-state index in [4.69, 9.17) is 23.2 Å². The van der Waals surface area contributed by atoms with Gasteiger partial charge >= 0.3 is 6.18 Å². The van der Waals surface area contributed by atoms with Crippen LogP contribution in [0.2, 0.25) is 10.0 Å². The smallest absolute Gasteiger partial charge is 0.353 e. The minimum absolute atomic E-state index is 0.286. The maximum Gasteiger partial charge on any atom is 0.416 e. The zero-order valence-corrected chi connectivity index (χ0v) is 13.3. The van der Waals surface area contributed by atoms with Gasteiger partial charge in [0.1, 0.15) is 6.67 Å². The molecule has 7 heteroatoms. The molecule has 0 aromatic heterocycles. The number of nitrogens with zero attached hydrogens (tertiary/aromatic N) is 2. The van der Waals surface area contributed by atoms with E-state index in [0.29, 0.717) is 27.2 Å². The standard InChI is InChI=1S/C16H11Cl2F3N2/c17-13-4-1-10(5-14(13)18)7-23-8-11-2-3-12(16(19,20)21)6-15(11)22-9-23/h1-6,8H,7,9H2. The van der Waals surface area contributed by atoms with Crippen molar-refractivity contribution in [1.82, 2.24) is 4.90 Å². The maximum absolute atomic E-state index is 12.7. The first-order valence-electron chi connectivity index (χ1n) is 6.74. The molecule has 0 amide bonds. The van der Waals surface area contributed by atoms with Crippen LogP contribution in [0.3, 0.4) is 0 Å². The van der Waals surface area contributed by atoms with Crippen molar-refractivity contribution < 1.29 is 13.2 Å². The number of rotatable bonds is 2. The van der Waals surface area contributed by atoms with Gasteiger partial charge in [-0.05, 0) is 29.8 Å². The molecule has 0 aliphatic carbocycles. The third kappa shape index (κ3) is 3.62. The largest absolute Gasteiger partial charge is 0.416 e. The van der Waals surface area contributed by atoms with Crippen LogP contribution in [0, 0.1) is 0 Å². The predicted octanol–water partition coefficient (Wildman–Crippen LogP) is 3.84. The quantitative estimate of drug-likeness (QED) is 0.796. The molecule has 2 aromatic carbocycles. The van der Waals surface area contributed by atoms with Crippen molar-refractivity contribution >= 4 is 29.4 Å². The Kier molecular flexibility index (Phi) is 4.25. The third-order valence-electron chi connectivity index (χ3n) is 3.47. The highest BCUT2D eigenvalue weighted by Gasteiger charge is 2.30. The summed E-state index contributed by atoms with van der Waals surface area (Å²) in [6.07, 6.45) is -2.56. The molecule has 0 N–H and O–H groups in total.